The summed E-state index contributed by atoms with van der Waals surface area (Å²) in [5.41, 5.74) is 1.35. The average Bonchev–Trinajstić information content (AvgIpc) is 2.41. The number of carbonyl (C=O) groups excluding carboxylic acids is 1. The smallest absolute Gasteiger partial charge is 0.154 e. The highest BCUT2D eigenvalue weighted by atomic mass is 32.2. The van der Waals surface area contributed by atoms with Crippen LogP contribution in [0.15, 0.2) is 5.03 Å². The summed E-state index contributed by atoms with van der Waals surface area (Å²) in [6.45, 7) is 5.47. The first-order chi connectivity index (χ1) is 6.97. The van der Waals surface area contributed by atoms with Crippen molar-refractivity contribution in [1.82, 2.24) is 9.78 Å². The number of rotatable bonds is 4. The van der Waals surface area contributed by atoms with Gasteiger partial charge in [-0.05, 0) is 13.8 Å². The predicted octanol–water partition coefficient (Wildman–Crippen LogP) is 1.40. The molecular formula is C10H16N2O2S. The number of aromatic nitrogens is 2. The van der Waals surface area contributed by atoms with Gasteiger partial charge < -0.3 is 5.11 Å². The lowest BCUT2D eigenvalue weighted by Crippen LogP contribution is -2.16. The highest BCUT2D eigenvalue weighted by molar-refractivity contribution is 8.00. The van der Waals surface area contributed by atoms with Crippen molar-refractivity contribution in [2.75, 3.05) is 0 Å². The molecule has 15 heavy (non-hydrogen) atoms. The fraction of sp³-hybridized carbons (Fsp3) is 0.600. The summed E-state index contributed by atoms with van der Waals surface area (Å²) in [4.78, 5) is 10.9. The molecule has 1 aromatic rings. The molecule has 0 aliphatic rings. The molecule has 0 saturated carbocycles. The van der Waals surface area contributed by atoms with E-state index in [-0.39, 0.29) is 5.25 Å². The van der Waals surface area contributed by atoms with Crippen LogP contribution in [0.2, 0.25) is 0 Å². The first kappa shape index (κ1) is 12.3. The van der Waals surface area contributed by atoms with Crippen molar-refractivity contribution < 1.29 is 9.90 Å². The first-order valence-electron chi connectivity index (χ1n) is 4.80. The van der Waals surface area contributed by atoms with Crippen LogP contribution in [-0.4, -0.2) is 32.5 Å². The van der Waals surface area contributed by atoms with E-state index in [4.69, 9.17) is 0 Å². The SMILES string of the molecule is Cc1nn(C)c(SC(C)C(C)O)c1C=O. The van der Waals surface area contributed by atoms with E-state index in [1.807, 2.05) is 6.92 Å². The highest BCUT2D eigenvalue weighted by Gasteiger charge is 2.18. The number of hydrogen-bond donors (Lipinski definition) is 1. The Hall–Kier alpha value is -0.810. The van der Waals surface area contributed by atoms with Crippen molar-refractivity contribution in [3.05, 3.63) is 11.3 Å². The maximum Gasteiger partial charge on any atom is 0.154 e. The van der Waals surface area contributed by atoms with Gasteiger partial charge in [-0.15, -0.1) is 11.8 Å². The number of aryl methyl sites for hydroxylation is 2. The molecule has 0 saturated heterocycles. The number of hydrogen-bond acceptors (Lipinski definition) is 4. The lowest BCUT2D eigenvalue weighted by Gasteiger charge is -2.14. The minimum absolute atomic E-state index is 0.0403. The van der Waals surface area contributed by atoms with Gasteiger partial charge in [-0.2, -0.15) is 5.10 Å². The zero-order valence-corrected chi connectivity index (χ0v) is 10.2. The summed E-state index contributed by atoms with van der Waals surface area (Å²) < 4.78 is 1.68. The zero-order chi connectivity index (χ0) is 11.6. The van der Waals surface area contributed by atoms with Crippen molar-refractivity contribution in [3.8, 4) is 0 Å². The number of carbonyl (C=O) groups is 1. The van der Waals surface area contributed by atoms with Crippen molar-refractivity contribution in [1.29, 1.82) is 0 Å². The molecule has 2 unspecified atom stereocenters. The number of aliphatic hydroxyl groups excluding tert-OH is 1. The molecular weight excluding hydrogens is 212 g/mol. The second-order valence-corrected chi connectivity index (χ2v) is 4.98. The van der Waals surface area contributed by atoms with Gasteiger partial charge in [0.25, 0.3) is 0 Å². The molecule has 84 valence electrons. The third-order valence-corrected chi connectivity index (χ3v) is 3.78. The van der Waals surface area contributed by atoms with Gasteiger partial charge in [0.15, 0.2) is 6.29 Å². The Kier molecular flexibility index (Phi) is 3.93. The maximum atomic E-state index is 10.9. The second-order valence-electron chi connectivity index (χ2n) is 3.61. The molecule has 0 spiro atoms. The molecule has 4 nitrogen and oxygen atoms in total. The predicted molar refractivity (Wildman–Crippen MR) is 60.3 cm³/mol. The van der Waals surface area contributed by atoms with Crippen LogP contribution in [0, 0.1) is 6.92 Å². The van der Waals surface area contributed by atoms with Crippen LogP contribution in [0.1, 0.15) is 29.9 Å². The summed E-state index contributed by atoms with van der Waals surface area (Å²) in [6, 6.07) is 0. The molecule has 5 heteroatoms. The van der Waals surface area contributed by atoms with E-state index in [0.29, 0.717) is 5.56 Å². The van der Waals surface area contributed by atoms with Crippen LogP contribution in [0.3, 0.4) is 0 Å². The number of nitrogens with zero attached hydrogens (tertiary/aromatic N) is 2. The van der Waals surface area contributed by atoms with Gasteiger partial charge in [0, 0.05) is 12.3 Å². The summed E-state index contributed by atoms with van der Waals surface area (Å²) in [5.74, 6) is 0. The molecule has 0 aromatic carbocycles. The Bertz CT molecular complexity index is 361. The normalized spacial score (nSPS) is 15.0. The Balaban J connectivity index is 2.98. The van der Waals surface area contributed by atoms with Crippen LogP contribution in [-0.2, 0) is 7.05 Å². The van der Waals surface area contributed by atoms with E-state index < -0.39 is 6.10 Å². The van der Waals surface area contributed by atoms with Crippen LogP contribution >= 0.6 is 11.8 Å². The molecule has 0 aliphatic carbocycles. The fourth-order valence-electron chi connectivity index (χ4n) is 1.20. The maximum absolute atomic E-state index is 10.9. The van der Waals surface area contributed by atoms with Gasteiger partial charge in [-0.1, -0.05) is 6.92 Å². The van der Waals surface area contributed by atoms with Crippen molar-refractivity contribution >= 4 is 18.0 Å². The standard InChI is InChI=1S/C10H16N2O2S/c1-6-9(5-13)10(12(4)11-6)15-8(3)7(2)14/h5,7-8,14H,1-4H3. The third kappa shape index (κ3) is 2.60. The lowest BCUT2D eigenvalue weighted by atomic mass is 10.3. The second kappa shape index (κ2) is 4.81. The van der Waals surface area contributed by atoms with E-state index in [1.54, 1.807) is 25.6 Å². The van der Waals surface area contributed by atoms with Gasteiger partial charge in [0.1, 0.15) is 5.03 Å². The number of thioether (sulfide) groups is 1. The Morgan fingerprint density at radius 1 is 1.53 bits per heavy atom. The average molecular weight is 228 g/mol. The summed E-state index contributed by atoms with van der Waals surface area (Å²) >= 11 is 1.47. The Morgan fingerprint density at radius 3 is 2.60 bits per heavy atom. The minimum atomic E-state index is -0.412. The molecule has 1 heterocycles. The topological polar surface area (TPSA) is 55.1 Å². The monoisotopic (exact) mass is 228 g/mol. The van der Waals surface area contributed by atoms with Gasteiger partial charge in [0.2, 0.25) is 0 Å². The molecule has 1 aromatic heterocycles. The highest BCUT2D eigenvalue weighted by Crippen LogP contribution is 2.28. The van der Waals surface area contributed by atoms with Crippen LogP contribution < -0.4 is 0 Å². The molecule has 1 N–H and O–H groups in total. The summed E-state index contributed by atoms with van der Waals surface area (Å²) in [6.07, 6.45) is 0.407. The zero-order valence-electron chi connectivity index (χ0n) is 9.39. The van der Waals surface area contributed by atoms with E-state index in [2.05, 4.69) is 5.10 Å². The largest absolute Gasteiger partial charge is 0.392 e. The van der Waals surface area contributed by atoms with E-state index >= 15 is 0 Å². The molecule has 2 atom stereocenters. The van der Waals surface area contributed by atoms with Crippen LogP contribution in [0.25, 0.3) is 0 Å². The molecule has 0 aliphatic heterocycles. The Labute approximate surface area is 93.7 Å². The summed E-state index contributed by atoms with van der Waals surface area (Å²) in [7, 11) is 1.80. The fourth-order valence-corrected chi connectivity index (χ4v) is 2.27. The number of aldehydes is 1. The molecule has 0 radical (unpaired) electrons. The van der Waals surface area contributed by atoms with E-state index in [1.165, 1.54) is 11.8 Å². The Morgan fingerprint density at radius 2 is 2.13 bits per heavy atom. The molecule has 1 rings (SSSR count). The third-order valence-electron chi connectivity index (χ3n) is 2.31. The molecule has 0 fully saturated rings. The van der Waals surface area contributed by atoms with Crippen molar-refractivity contribution in [2.24, 2.45) is 7.05 Å². The molecule has 0 bridgehead atoms. The molecule has 0 amide bonds. The van der Waals surface area contributed by atoms with E-state index in [9.17, 15) is 9.90 Å². The van der Waals surface area contributed by atoms with Gasteiger partial charge in [0.05, 0.1) is 17.4 Å². The summed E-state index contributed by atoms with van der Waals surface area (Å²) in [5, 5.41) is 14.4. The van der Waals surface area contributed by atoms with Crippen molar-refractivity contribution in [2.45, 2.75) is 37.2 Å². The number of aliphatic hydroxyl groups is 1. The van der Waals surface area contributed by atoms with E-state index in [0.717, 1.165) is 17.0 Å². The van der Waals surface area contributed by atoms with Crippen LogP contribution in [0.5, 0.6) is 0 Å². The van der Waals surface area contributed by atoms with Crippen LogP contribution in [0.4, 0.5) is 0 Å². The first-order valence-corrected chi connectivity index (χ1v) is 5.68. The lowest BCUT2D eigenvalue weighted by molar-refractivity contribution is 0.112. The van der Waals surface area contributed by atoms with Crippen molar-refractivity contribution in [3.63, 3.8) is 0 Å². The van der Waals surface area contributed by atoms with Gasteiger partial charge in [-0.25, -0.2) is 0 Å². The minimum Gasteiger partial charge on any atom is -0.392 e. The van der Waals surface area contributed by atoms with Gasteiger partial charge >= 0.3 is 0 Å². The quantitative estimate of drug-likeness (QED) is 0.625. The van der Waals surface area contributed by atoms with Gasteiger partial charge in [-0.3, -0.25) is 9.48 Å².